The van der Waals surface area contributed by atoms with E-state index in [9.17, 15) is 4.79 Å². The van der Waals surface area contributed by atoms with Crippen molar-refractivity contribution < 1.29 is 13.9 Å². The number of nitrogens with zero attached hydrogens (tertiary/aromatic N) is 7. The van der Waals surface area contributed by atoms with E-state index in [1.165, 1.54) is 0 Å². The van der Waals surface area contributed by atoms with E-state index in [1.807, 2.05) is 42.2 Å². The van der Waals surface area contributed by atoms with Crippen LogP contribution in [0.25, 0.3) is 23.0 Å². The topological polar surface area (TPSA) is 101 Å². The van der Waals surface area contributed by atoms with Crippen LogP contribution in [0.5, 0.6) is 0 Å². The lowest BCUT2D eigenvalue weighted by molar-refractivity contribution is -0.136. The van der Waals surface area contributed by atoms with E-state index in [-0.39, 0.29) is 5.91 Å². The van der Waals surface area contributed by atoms with Gasteiger partial charge in [-0.05, 0) is 19.1 Å². The second kappa shape index (κ2) is 9.63. The van der Waals surface area contributed by atoms with Crippen molar-refractivity contribution in [3.05, 3.63) is 42.2 Å². The van der Waals surface area contributed by atoms with Crippen LogP contribution >= 0.6 is 0 Å². The number of hydrogen-bond donors (Lipinski definition) is 0. The van der Waals surface area contributed by atoms with Crippen molar-refractivity contribution in [3.63, 3.8) is 0 Å². The summed E-state index contributed by atoms with van der Waals surface area (Å²) in [5.74, 6) is 1.76. The molecular formula is C23H27N7O3. The number of amides is 1. The molecule has 2 aliphatic heterocycles. The predicted molar refractivity (Wildman–Crippen MR) is 122 cm³/mol. The fourth-order valence-electron chi connectivity index (χ4n) is 4.05. The van der Waals surface area contributed by atoms with Crippen LogP contribution < -0.4 is 4.90 Å². The van der Waals surface area contributed by atoms with E-state index in [0.29, 0.717) is 50.3 Å². The second-order valence-electron chi connectivity index (χ2n) is 8.20. The monoisotopic (exact) mass is 449 g/mol. The Kier molecular flexibility index (Phi) is 6.27. The molecule has 2 aromatic heterocycles. The molecule has 33 heavy (non-hydrogen) atoms. The first-order valence-electron chi connectivity index (χ1n) is 11.2. The van der Waals surface area contributed by atoms with E-state index in [4.69, 9.17) is 14.1 Å². The molecule has 2 fully saturated rings. The van der Waals surface area contributed by atoms with Crippen molar-refractivity contribution in [1.82, 2.24) is 30.0 Å². The Hall–Kier alpha value is -3.37. The summed E-state index contributed by atoms with van der Waals surface area (Å²) in [6, 6.07) is 9.65. The molecule has 1 amide bonds. The van der Waals surface area contributed by atoms with E-state index < -0.39 is 0 Å². The third-order valence-electron chi connectivity index (χ3n) is 6.01. The lowest BCUT2D eigenvalue weighted by Gasteiger charge is -2.36. The Balaban J connectivity index is 1.24. The number of aryl methyl sites for hydroxylation is 1. The fraction of sp³-hybridized carbons (Fsp3) is 0.435. The lowest BCUT2D eigenvalue weighted by atomic mass is 10.2. The predicted octanol–water partition coefficient (Wildman–Crippen LogP) is 1.48. The van der Waals surface area contributed by atoms with Crippen LogP contribution in [0.3, 0.4) is 0 Å². The third-order valence-corrected chi connectivity index (χ3v) is 6.01. The lowest BCUT2D eigenvalue weighted by Crippen LogP contribution is -2.51. The molecule has 0 atom stereocenters. The van der Waals surface area contributed by atoms with Gasteiger partial charge in [0, 0.05) is 44.8 Å². The van der Waals surface area contributed by atoms with E-state index >= 15 is 0 Å². The SMILES string of the molecule is Cc1ncc(N2CCN(CC(=O)N3CCOCC3)CC2)nc1-c1nnc(-c2ccccc2)o1. The first kappa shape index (κ1) is 21.5. The second-order valence-corrected chi connectivity index (χ2v) is 8.20. The van der Waals surface area contributed by atoms with Crippen LogP contribution in [0.2, 0.25) is 0 Å². The molecule has 5 rings (SSSR count). The van der Waals surface area contributed by atoms with Gasteiger partial charge in [0.1, 0.15) is 5.82 Å². The van der Waals surface area contributed by atoms with Crippen LogP contribution in [0.15, 0.2) is 40.9 Å². The summed E-state index contributed by atoms with van der Waals surface area (Å²) < 4.78 is 11.2. The quantitative estimate of drug-likeness (QED) is 0.573. The maximum absolute atomic E-state index is 12.5. The highest BCUT2D eigenvalue weighted by Gasteiger charge is 2.24. The summed E-state index contributed by atoms with van der Waals surface area (Å²) >= 11 is 0. The van der Waals surface area contributed by atoms with Gasteiger partial charge in [-0.1, -0.05) is 18.2 Å². The van der Waals surface area contributed by atoms with Gasteiger partial charge in [-0.25, -0.2) is 4.98 Å². The molecule has 0 N–H and O–H groups in total. The van der Waals surface area contributed by atoms with Gasteiger partial charge >= 0.3 is 0 Å². The smallest absolute Gasteiger partial charge is 0.268 e. The van der Waals surface area contributed by atoms with Gasteiger partial charge < -0.3 is 19.0 Å². The van der Waals surface area contributed by atoms with Gasteiger partial charge in [-0.3, -0.25) is 14.7 Å². The number of rotatable bonds is 5. The molecule has 0 unspecified atom stereocenters. The highest BCUT2D eigenvalue weighted by Crippen LogP contribution is 2.26. The van der Waals surface area contributed by atoms with Gasteiger partial charge in [0.05, 0.1) is 31.6 Å². The Morgan fingerprint density at radius 1 is 0.970 bits per heavy atom. The molecule has 1 aromatic carbocycles. The molecule has 0 spiro atoms. The van der Waals surface area contributed by atoms with Gasteiger partial charge in [0.25, 0.3) is 5.89 Å². The zero-order valence-corrected chi connectivity index (χ0v) is 18.7. The molecule has 10 heteroatoms. The van der Waals surface area contributed by atoms with E-state index in [0.717, 1.165) is 43.3 Å². The first-order valence-corrected chi connectivity index (χ1v) is 11.2. The first-order chi connectivity index (χ1) is 16.2. The van der Waals surface area contributed by atoms with Crippen molar-refractivity contribution in [2.45, 2.75) is 6.92 Å². The summed E-state index contributed by atoms with van der Waals surface area (Å²) in [7, 11) is 0. The van der Waals surface area contributed by atoms with Crippen molar-refractivity contribution in [2.75, 3.05) is 63.9 Å². The number of anilines is 1. The average molecular weight is 450 g/mol. The van der Waals surface area contributed by atoms with E-state index in [2.05, 4.69) is 25.0 Å². The molecule has 0 bridgehead atoms. The number of carbonyl (C=O) groups is 1. The third kappa shape index (κ3) is 4.86. The average Bonchev–Trinajstić information content (AvgIpc) is 3.36. The Morgan fingerprint density at radius 2 is 1.70 bits per heavy atom. The molecule has 0 radical (unpaired) electrons. The van der Waals surface area contributed by atoms with Crippen LogP contribution in [0.4, 0.5) is 5.82 Å². The highest BCUT2D eigenvalue weighted by molar-refractivity contribution is 5.78. The molecule has 172 valence electrons. The standard InChI is InChI=1S/C23H27N7O3/c1-17-21(23-27-26-22(33-23)18-5-3-2-4-6-18)25-19(15-24-17)29-9-7-28(8-10-29)16-20(31)30-11-13-32-14-12-30/h2-6,15H,7-14,16H2,1H3. The molecule has 3 aromatic rings. The number of carbonyl (C=O) groups excluding carboxylic acids is 1. The van der Waals surface area contributed by atoms with Crippen LogP contribution in [0.1, 0.15) is 5.69 Å². The van der Waals surface area contributed by atoms with Crippen LogP contribution in [0, 0.1) is 6.92 Å². The summed E-state index contributed by atoms with van der Waals surface area (Å²) in [6.07, 6.45) is 1.78. The largest absolute Gasteiger partial charge is 0.415 e. The number of piperazine rings is 1. The number of morpholine rings is 1. The Labute approximate surface area is 192 Å². The molecule has 4 heterocycles. The van der Waals surface area contributed by atoms with Crippen LogP contribution in [-0.4, -0.2) is 94.9 Å². The van der Waals surface area contributed by atoms with Crippen molar-refractivity contribution in [1.29, 1.82) is 0 Å². The highest BCUT2D eigenvalue weighted by atomic mass is 16.5. The minimum absolute atomic E-state index is 0.176. The summed E-state index contributed by atoms with van der Waals surface area (Å²) in [5.41, 5.74) is 2.18. The maximum Gasteiger partial charge on any atom is 0.268 e. The molecular weight excluding hydrogens is 422 g/mol. The molecule has 0 aliphatic carbocycles. The molecule has 10 nitrogen and oxygen atoms in total. The minimum Gasteiger partial charge on any atom is -0.415 e. The number of hydrogen-bond acceptors (Lipinski definition) is 9. The van der Waals surface area contributed by atoms with Crippen LogP contribution in [-0.2, 0) is 9.53 Å². The zero-order chi connectivity index (χ0) is 22.6. The zero-order valence-electron chi connectivity index (χ0n) is 18.7. The molecule has 2 aliphatic rings. The van der Waals surface area contributed by atoms with Crippen molar-refractivity contribution in [3.8, 4) is 23.0 Å². The fourth-order valence-corrected chi connectivity index (χ4v) is 4.05. The number of aromatic nitrogens is 4. The maximum atomic E-state index is 12.5. The van der Waals surface area contributed by atoms with Gasteiger partial charge in [0.15, 0.2) is 5.69 Å². The van der Waals surface area contributed by atoms with E-state index in [1.54, 1.807) is 6.20 Å². The van der Waals surface area contributed by atoms with Gasteiger partial charge in [-0.15, -0.1) is 10.2 Å². The van der Waals surface area contributed by atoms with Gasteiger partial charge in [-0.2, -0.15) is 0 Å². The van der Waals surface area contributed by atoms with Crippen molar-refractivity contribution in [2.24, 2.45) is 0 Å². The Morgan fingerprint density at radius 3 is 2.45 bits per heavy atom. The van der Waals surface area contributed by atoms with Gasteiger partial charge in [0.2, 0.25) is 11.8 Å². The Bertz CT molecular complexity index is 1090. The molecule has 2 saturated heterocycles. The van der Waals surface area contributed by atoms with Crippen molar-refractivity contribution >= 4 is 11.7 Å². The number of benzene rings is 1. The molecule has 0 saturated carbocycles. The summed E-state index contributed by atoms with van der Waals surface area (Å²) in [4.78, 5) is 28.1. The summed E-state index contributed by atoms with van der Waals surface area (Å²) in [6.45, 7) is 8.07. The summed E-state index contributed by atoms with van der Waals surface area (Å²) in [5, 5.41) is 8.38. The minimum atomic E-state index is 0.176. The normalized spacial score (nSPS) is 17.4. The number of ether oxygens (including phenoxy) is 1.